The molecule has 2 aromatic rings. The lowest BCUT2D eigenvalue weighted by Crippen LogP contribution is -2.46. The third-order valence-electron chi connectivity index (χ3n) is 4.02. The summed E-state index contributed by atoms with van der Waals surface area (Å²) < 4.78 is 11.8. The number of carbonyl (C=O) groups is 2. The second-order valence-electron chi connectivity index (χ2n) is 6.18. The predicted molar refractivity (Wildman–Crippen MR) is 135 cm³/mol. The molecule has 1 aliphatic rings. The van der Waals surface area contributed by atoms with E-state index in [4.69, 9.17) is 44.9 Å². The number of urea groups is 1. The van der Waals surface area contributed by atoms with Crippen molar-refractivity contribution in [2.24, 2.45) is 0 Å². The Morgan fingerprint density at radius 1 is 1.28 bits per heavy atom. The van der Waals surface area contributed by atoms with Gasteiger partial charge in [-0.25, -0.2) is 10.2 Å². The lowest BCUT2D eigenvalue weighted by atomic mass is 10.2. The second-order valence-corrected chi connectivity index (χ2v) is 9.52. The topological polar surface area (TPSA) is 79.9 Å². The molecular weight excluding hydrogens is 561 g/mol. The maximum Gasteiger partial charge on any atom is 0.338 e. The Hall–Kier alpha value is -1.98. The van der Waals surface area contributed by atoms with Crippen LogP contribution in [0.4, 0.5) is 10.5 Å². The molecule has 1 aliphatic heterocycles. The SMILES string of the molecule is CCOc1cc(/C=C2/SC(=S)N(NC(=O)Nc3ccc(Cl)c(Cl)c3)C2=O)cc(Br)c1OC. The molecule has 12 heteroatoms. The minimum Gasteiger partial charge on any atom is -0.492 e. The molecular formula is C20H16BrCl2N3O4S2. The number of benzene rings is 2. The first-order chi connectivity index (χ1) is 15.2. The van der Waals surface area contributed by atoms with Gasteiger partial charge in [0.05, 0.1) is 33.1 Å². The van der Waals surface area contributed by atoms with Crippen LogP contribution in [-0.2, 0) is 4.79 Å². The van der Waals surface area contributed by atoms with Gasteiger partial charge in [-0.05, 0) is 77.0 Å². The lowest BCUT2D eigenvalue weighted by Gasteiger charge is -2.16. The first-order valence-corrected chi connectivity index (χ1v) is 11.8. The van der Waals surface area contributed by atoms with Gasteiger partial charge in [0.2, 0.25) is 0 Å². The van der Waals surface area contributed by atoms with Crippen LogP contribution >= 0.6 is 63.1 Å². The molecule has 0 unspecified atom stereocenters. The Morgan fingerprint density at radius 2 is 2.03 bits per heavy atom. The number of thioether (sulfide) groups is 1. The van der Waals surface area contributed by atoms with Crippen LogP contribution in [-0.4, -0.2) is 35.0 Å². The van der Waals surface area contributed by atoms with Crippen molar-refractivity contribution in [3.63, 3.8) is 0 Å². The Balaban J connectivity index is 1.76. The van der Waals surface area contributed by atoms with Crippen molar-refractivity contribution in [2.75, 3.05) is 19.0 Å². The highest BCUT2D eigenvalue weighted by atomic mass is 79.9. The highest BCUT2D eigenvalue weighted by Crippen LogP contribution is 2.39. The summed E-state index contributed by atoms with van der Waals surface area (Å²) in [5.74, 6) is 0.622. The molecule has 1 saturated heterocycles. The number of hydrazine groups is 1. The van der Waals surface area contributed by atoms with Gasteiger partial charge in [-0.15, -0.1) is 0 Å². The number of halogens is 3. The van der Waals surface area contributed by atoms with E-state index in [1.54, 1.807) is 37.5 Å². The van der Waals surface area contributed by atoms with Crippen LogP contribution in [0, 0.1) is 0 Å². The number of hydrogen-bond acceptors (Lipinski definition) is 6. The van der Waals surface area contributed by atoms with E-state index in [-0.39, 0.29) is 9.34 Å². The van der Waals surface area contributed by atoms with Crippen LogP contribution in [0.1, 0.15) is 12.5 Å². The van der Waals surface area contributed by atoms with Gasteiger partial charge in [0.25, 0.3) is 5.91 Å². The Morgan fingerprint density at radius 3 is 2.69 bits per heavy atom. The molecule has 0 atom stereocenters. The molecule has 0 saturated carbocycles. The van der Waals surface area contributed by atoms with Crippen molar-refractivity contribution in [3.05, 3.63) is 55.3 Å². The molecule has 168 valence electrons. The van der Waals surface area contributed by atoms with Crippen molar-refractivity contribution in [3.8, 4) is 11.5 Å². The van der Waals surface area contributed by atoms with E-state index < -0.39 is 11.9 Å². The predicted octanol–water partition coefficient (Wildman–Crippen LogP) is 6.10. The summed E-state index contributed by atoms with van der Waals surface area (Å²) in [7, 11) is 1.54. The number of methoxy groups -OCH3 is 1. The van der Waals surface area contributed by atoms with E-state index in [0.717, 1.165) is 16.8 Å². The van der Waals surface area contributed by atoms with Gasteiger partial charge < -0.3 is 14.8 Å². The van der Waals surface area contributed by atoms with Gasteiger partial charge in [-0.2, -0.15) is 5.01 Å². The maximum absolute atomic E-state index is 12.8. The van der Waals surface area contributed by atoms with Crippen LogP contribution < -0.4 is 20.2 Å². The van der Waals surface area contributed by atoms with Gasteiger partial charge in [0.15, 0.2) is 15.8 Å². The molecule has 1 fully saturated rings. The molecule has 0 bridgehead atoms. The first kappa shape index (κ1) is 24.7. The maximum atomic E-state index is 12.8. The number of anilines is 1. The molecule has 3 rings (SSSR count). The fourth-order valence-corrected chi connectivity index (χ4v) is 4.78. The Bertz CT molecular complexity index is 1130. The summed E-state index contributed by atoms with van der Waals surface area (Å²) in [5.41, 5.74) is 3.54. The Kier molecular flexibility index (Phi) is 8.29. The van der Waals surface area contributed by atoms with Crippen LogP contribution in [0.2, 0.25) is 10.0 Å². The summed E-state index contributed by atoms with van der Waals surface area (Å²) in [6.07, 6.45) is 1.66. The van der Waals surface area contributed by atoms with Crippen molar-refractivity contribution < 1.29 is 19.1 Å². The minimum absolute atomic E-state index is 0.183. The van der Waals surface area contributed by atoms with E-state index in [1.165, 1.54) is 6.07 Å². The molecule has 2 N–H and O–H groups in total. The average Bonchev–Trinajstić information content (AvgIpc) is 2.98. The molecule has 0 radical (unpaired) electrons. The second kappa shape index (κ2) is 10.8. The molecule has 32 heavy (non-hydrogen) atoms. The van der Waals surface area contributed by atoms with E-state index >= 15 is 0 Å². The number of amides is 3. The number of hydrogen-bond donors (Lipinski definition) is 2. The zero-order valence-corrected chi connectivity index (χ0v) is 21.4. The fourth-order valence-electron chi connectivity index (χ4n) is 2.68. The van der Waals surface area contributed by atoms with Gasteiger partial charge in [0, 0.05) is 5.69 Å². The van der Waals surface area contributed by atoms with Gasteiger partial charge in [-0.3, -0.25) is 4.79 Å². The number of ether oxygens (including phenoxy) is 2. The van der Waals surface area contributed by atoms with Crippen molar-refractivity contribution in [2.45, 2.75) is 6.92 Å². The third kappa shape index (κ3) is 5.68. The molecule has 2 aromatic carbocycles. The molecule has 7 nitrogen and oxygen atoms in total. The molecule has 0 aromatic heterocycles. The number of nitrogens with one attached hydrogen (secondary N) is 2. The van der Waals surface area contributed by atoms with E-state index in [0.29, 0.717) is 43.8 Å². The number of nitrogens with zero attached hydrogens (tertiary/aromatic N) is 1. The van der Waals surface area contributed by atoms with E-state index in [1.807, 2.05) is 6.92 Å². The van der Waals surface area contributed by atoms with E-state index in [9.17, 15) is 9.59 Å². The smallest absolute Gasteiger partial charge is 0.338 e. The molecule has 0 aliphatic carbocycles. The zero-order valence-electron chi connectivity index (χ0n) is 16.7. The van der Waals surface area contributed by atoms with Crippen LogP contribution in [0.3, 0.4) is 0 Å². The average molecular weight is 577 g/mol. The molecule has 0 spiro atoms. The summed E-state index contributed by atoms with van der Waals surface area (Å²) in [4.78, 5) is 25.5. The van der Waals surface area contributed by atoms with Crippen LogP contribution in [0.5, 0.6) is 11.5 Å². The minimum atomic E-state index is -0.660. The number of rotatable bonds is 6. The molecule has 3 amide bonds. The standard InChI is InChI=1S/C20H16BrCl2N3O4S2/c1-3-30-15-7-10(6-12(21)17(15)29-2)8-16-18(27)26(20(31)32-16)25-19(28)24-11-4-5-13(22)14(23)9-11/h4-9H,3H2,1-2H3,(H2,24,25,28)/b16-8+. The fraction of sp³-hybridized carbons (Fsp3) is 0.150. The summed E-state index contributed by atoms with van der Waals surface area (Å²) in [6, 6.07) is 7.50. The quantitative estimate of drug-likeness (QED) is 0.319. The largest absolute Gasteiger partial charge is 0.492 e. The number of thiocarbonyl (C=S) groups is 1. The highest BCUT2D eigenvalue weighted by molar-refractivity contribution is 9.10. The van der Waals surface area contributed by atoms with Crippen molar-refractivity contribution >= 4 is 91.1 Å². The van der Waals surface area contributed by atoms with Crippen LogP contribution in [0.25, 0.3) is 6.08 Å². The summed E-state index contributed by atoms with van der Waals surface area (Å²) in [6.45, 7) is 2.31. The first-order valence-electron chi connectivity index (χ1n) is 9.04. The van der Waals surface area contributed by atoms with Crippen molar-refractivity contribution in [1.82, 2.24) is 10.4 Å². The van der Waals surface area contributed by atoms with Crippen molar-refractivity contribution in [1.29, 1.82) is 0 Å². The Labute approximate surface area is 212 Å². The van der Waals surface area contributed by atoms with Crippen LogP contribution in [0.15, 0.2) is 39.7 Å². The van der Waals surface area contributed by atoms with Gasteiger partial charge >= 0.3 is 6.03 Å². The lowest BCUT2D eigenvalue weighted by molar-refractivity contribution is -0.123. The third-order valence-corrected chi connectivity index (χ3v) is 6.65. The normalized spacial score (nSPS) is 14.7. The zero-order chi connectivity index (χ0) is 23.4. The summed E-state index contributed by atoms with van der Waals surface area (Å²) in [5, 5.41) is 4.22. The monoisotopic (exact) mass is 575 g/mol. The molecule has 1 heterocycles. The van der Waals surface area contributed by atoms with Gasteiger partial charge in [0.1, 0.15) is 0 Å². The van der Waals surface area contributed by atoms with E-state index in [2.05, 4.69) is 26.7 Å². The highest BCUT2D eigenvalue weighted by Gasteiger charge is 2.33. The van der Waals surface area contributed by atoms with Gasteiger partial charge in [-0.1, -0.05) is 35.0 Å². The number of carbonyl (C=O) groups excluding carboxylic acids is 2. The summed E-state index contributed by atoms with van der Waals surface area (Å²) >= 11 is 21.6.